The van der Waals surface area contributed by atoms with Gasteiger partial charge in [0.15, 0.2) is 11.4 Å². The normalized spacial score (nSPS) is 11.9. The Kier molecular flexibility index (Phi) is 18.5. The van der Waals surface area contributed by atoms with Crippen molar-refractivity contribution in [2.45, 2.75) is 124 Å². The molecular formula is C45H59N5O7. The van der Waals surface area contributed by atoms with Gasteiger partial charge in [-0.05, 0) is 38.0 Å². The third-order valence-electron chi connectivity index (χ3n) is 9.93. The fraction of sp³-hybridized carbons (Fsp3) is 0.489. The molecule has 0 bridgehead atoms. The van der Waals surface area contributed by atoms with E-state index in [4.69, 9.17) is 18.9 Å². The Balaban J connectivity index is 1.41. The Morgan fingerprint density at radius 2 is 1.51 bits per heavy atom. The van der Waals surface area contributed by atoms with Crippen LogP contribution in [0.2, 0.25) is 0 Å². The van der Waals surface area contributed by atoms with Crippen LogP contribution in [0.4, 0.5) is 17.1 Å². The minimum Gasteiger partial charge on any atom is -0.493 e. The summed E-state index contributed by atoms with van der Waals surface area (Å²) in [5.41, 5.74) is 1.41. The lowest BCUT2D eigenvalue weighted by Gasteiger charge is -2.22. The van der Waals surface area contributed by atoms with Gasteiger partial charge in [0.25, 0.3) is 5.56 Å². The van der Waals surface area contributed by atoms with Crippen molar-refractivity contribution in [3.63, 3.8) is 0 Å². The molecule has 1 aromatic heterocycles. The predicted molar refractivity (Wildman–Crippen MR) is 224 cm³/mol. The van der Waals surface area contributed by atoms with E-state index in [1.54, 1.807) is 25.1 Å². The summed E-state index contributed by atoms with van der Waals surface area (Å²) in [6.07, 6.45) is 16.5. The van der Waals surface area contributed by atoms with Gasteiger partial charge in [0.1, 0.15) is 24.0 Å². The number of carbonyl (C=O) groups excluding carboxylic acids is 1. The second kappa shape index (κ2) is 23.7. The van der Waals surface area contributed by atoms with E-state index in [1.165, 1.54) is 78.4 Å². The number of anilines is 1. The second-order valence-electron chi connectivity index (χ2n) is 14.2. The molecule has 0 radical (unpaired) electrons. The number of hydrogen-bond donors (Lipinski definition) is 2. The number of fused-ring (bicyclic) bond motifs is 1. The van der Waals surface area contributed by atoms with Crippen molar-refractivity contribution >= 4 is 33.7 Å². The number of aromatic nitrogens is 1. The maximum absolute atomic E-state index is 13.3. The van der Waals surface area contributed by atoms with E-state index in [0.29, 0.717) is 35.9 Å². The molecule has 12 heteroatoms. The van der Waals surface area contributed by atoms with Crippen LogP contribution in [0, 0.1) is 18.3 Å². The quantitative estimate of drug-likeness (QED) is 0.0382. The predicted octanol–water partition coefficient (Wildman–Crippen LogP) is 11.2. The number of hydrogen-bond acceptors (Lipinski definition) is 10. The molecule has 0 aliphatic rings. The molecule has 1 amide bonds. The molecule has 0 saturated heterocycles. The topological polar surface area (TPSA) is 157 Å². The fourth-order valence-electron chi connectivity index (χ4n) is 6.60. The lowest BCUT2D eigenvalue weighted by Crippen LogP contribution is -2.24. The number of nitrogens with zero attached hydrogens (tertiary/aromatic N) is 4. The van der Waals surface area contributed by atoms with Crippen LogP contribution < -0.4 is 20.3 Å². The minimum absolute atomic E-state index is 0.0242. The fourth-order valence-corrected chi connectivity index (χ4v) is 6.60. The average Bonchev–Trinajstić information content (AvgIpc) is 3.22. The monoisotopic (exact) mass is 781 g/mol. The molecule has 3 aromatic carbocycles. The molecule has 2 N–H and O–H groups in total. The summed E-state index contributed by atoms with van der Waals surface area (Å²) in [7, 11) is 2.87. The number of methoxy groups -OCH3 is 1. The Hall–Kier alpha value is -5.25. The zero-order valence-corrected chi connectivity index (χ0v) is 34.3. The molecule has 1 heterocycles. The highest BCUT2D eigenvalue weighted by Crippen LogP contribution is 2.41. The summed E-state index contributed by atoms with van der Waals surface area (Å²) in [4.78, 5) is 26.0. The van der Waals surface area contributed by atoms with Gasteiger partial charge in [0, 0.05) is 43.0 Å². The highest BCUT2D eigenvalue weighted by atomic mass is 16.8. The number of nitriles is 1. The number of pyridine rings is 1. The molecule has 0 saturated carbocycles. The van der Waals surface area contributed by atoms with Crippen LogP contribution in [0.25, 0.3) is 10.8 Å². The first-order valence-corrected chi connectivity index (χ1v) is 20.3. The van der Waals surface area contributed by atoms with E-state index < -0.39 is 17.9 Å². The van der Waals surface area contributed by atoms with Crippen LogP contribution in [0.15, 0.2) is 69.6 Å². The lowest BCUT2D eigenvalue weighted by molar-refractivity contribution is -0.230. The molecule has 4 aromatic rings. The van der Waals surface area contributed by atoms with Crippen molar-refractivity contribution in [2.24, 2.45) is 17.3 Å². The van der Waals surface area contributed by atoms with Gasteiger partial charge >= 0.3 is 6.48 Å². The molecule has 1 unspecified atom stereocenters. The van der Waals surface area contributed by atoms with Crippen molar-refractivity contribution in [1.82, 2.24) is 4.57 Å². The Morgan fingerprint density at radius 1 is 0.895 bits per heavy atom. The highest BCUT2D eigenvalue weighted by molar-refractivity contribution is 6.02. The Bertz CT molecular complexity index is 2020. The third-order valence-corrected chi connectivity index (χ3v) is 9.93. The second-order valence-corrected chi connectivity index (χ2v) is 14.2. The van der Waals surface area contributed by atoms with Crippen LogP contribution in [-0.2, 0) is 27.9 Å². The van der Waals surface area contributed by atoms with Gasteiger partial charge in [0.05, 0.1) is 18.0 Å². The standard InChI is InChI=1S/C45H59N5O7/c1-6-8-9-10-11-12-13-14-15-16-17-18-19-24-40(51)47-38-29-39(35-22-20-21-23-36(35)42(38)57-45(54-5)55-7-2)56-31-33-25-27-34(28-26-33)48-49-41-32(3)37(30-46)43(52)50(4)44(41)53/h20-23,25-29,45,52H,6-19,24,31H2,1-5H3,(H,47,51). The smallest absolute Gasteiger partial charge is 0.315 e. The summed E-state index contributed by atoms with van der Waals surface area (Å²) in [6, 6.07) is 18.5. The summed E-state index contributed by atoms with van der Waals surface area (Å²) in [6.45, 7) is 5.24. The zero-order valence-electron chi connectivity index (χ0n) is 34.3. The first kappa shape index (κ1) is 44.5. The number of carbonyl (C=O) groups is 1. The van der Waals surface area contributed by atoms with Crippen molar-refractivity contribution in [3.05, 3.63) is 81.6 Å². The van der Waals surface area contributed by atoms with E-state index in [-0.39, 0.29) is 29.3 Å². The number of rotatable bonds is 25. The largest absolute Gasteiger partial charge is 0.493 e. The number of ether oxygens (including phenoxy) is 4. The van der Waals surface area contributed by atoms with E-state index in [0.717, 1.165) is 40.2 Å². The number of nitrogens with one attached hydrogen (secondary N) is 1. The molecule has 0 fully saturated rings. The maximum atomic E-state index is 13.3. The molecule has 0 aliphatic heterocycles. The van der Waals surface area contributed by atoms with Gasteiger partial charge in [-0.1, -0.05) is 120 Å². The van der Waals surface area contributed by atoms with Gasteiger partial charge in [-0.2, -0.15) is 10.4 Å². The SMILES string of the molecule is CCCCCCCCCCCCCCCC(=O)Nc1cc(OCc2ccc(N=Nc3c(C)c(C#N)c(O)n(C)c3=O)cc2)c2ccccc2c1OC(OC)OCC. The Labute approximate surface area is 336 Å². The first-order valence-electron chi connectivity index (χ1n) is 20.3. The summed E-state index contributed by atoms with van der Waals surface area (Å²) in [5, 5.41) is 32.5. The van der Waals surface area contributed by atoms with Gasteiger partial charge < -0.3 is 29.4 Å². The van der Waals surface area contributed by atoms with Crippen LogP contribution in [-0.4, -0.2) is 35.8 Å². The summed E-state index contributed by atoms with van der Waals surface area (Å²) < 4.78 is 24.6. The highest BCUT2D eigenvalue weighted by Gasteiger charge is 2.21. The number of amides is 1. The number of azo groups is 1. The third kappa shape index (κ3) is 13.2. The Morgan fingerprint density at radius 3 is 2.11 bits per heavy atom. The van der Waals surface area contributed by atoms with Crippen molar-refractivity contribution in [2.75, 3.05) is 19.0 Å². The number of unbranched alkanes of at least 4 members (excludes halogenated alkanes) is 12. The van der Waals surface area contributed by atoms with Crippen LogP contribution >= 0.6 is 0 Å². The average molecular weight is 782 g/mol. The van der Waals surface area contributed by atoms with Gasteiger partial charge in [-0.15, -0.1) is 5.11 Å². The van der Waals surface area contributed by atoms with Crippen LogP contribution in [0.5, 0.6) is 17.4 Å². The van der Waals surface area contributed by atoms with E-state index in [9.17, 15) is 20.0 Å². The summed E-state index contributed by atoms with van der Waals surface area (Å²) >= 11 is 0. The van der Waals surface area contributed by atoms with Crippen molar-refractivity contribution < 1.29 is 28.8 Å². The molecule has 0 aliphatic carbocycles. The maximum Gasteiger partial charge on any atom is 0.315 e. The number of aromatic hydroxyl groups is 1. The molecule has 57 heavy (non-hydrogen) atoms. The van der Waals surface area contributed by atoms with Crippen LogP contribution in [0.1, 0.15) is 120 Å². The minimum atomic E-state index is -0.980. The van der Waals surface area contributed by atoms with Gasteiger partial charge in [-0.3, -0.25) is 14.2 Å². The molecular weight excluding hydrogens is 723 g/mol. The number of benzene rings is 3. The van der Waals surface area contributed by atoms with Gasteiger partial charge in [0.2, 0.25) is 11.8 Å². The van der Waals surface area contributed by atoms with Gasteiger partial charge in [-0.25, -0.2) is 0 Å². The first-order chi connectivity index (χ1) is 27.7. The van der Waals surface area contributed by atoms with E-state index >= 15 is 0 Å². The lowest BCUT2D eigenvalue weighted by atomic mass is 10.0. The molecule has 12 nitrogen and oxygen atoms in total. The van der Waals surface area contributed by atoms with Crippen molar-refractivity contribution in [3.8, 4) is 23.4 Å². The molecule has 4 rings (SSSR count). The van der Waals surface area contributed by atoms with E-state index in [2.05, 4.69) is 22.5 Å². The van der Waals surface area contributed by atoms with E-state index in [1.807, 2.05) is 49.4 Å². The molecule has 0 spiro atoms. The van der Waals surface area contributed by atoms with Crippen molar-refractivity contribution in [1.29, 1.82) is 5.26 Å². The molecule has 1 atom stereocenters. The summed E-state index contributed by atoms with van der Waals surface area (Å²) in [5.74, 6) is 0.452. The molecule has 306 valence electrons. The zero-order chi connectivity index (χ0) is 41.0. The van der Waals surface area contributed by atoms with Crippen LogP contribution in [0.3, 0.4) is 0 Å².